The Labute approximate surface area is 369 Å². The Kier molecular flexibility index (Phi) is 12.2. The standard InChI is InChI=1S/C48H47N9O7/c1-27(2)41(54-47(61)63-3)45(59)57-26-36(58)21-40(57)44-51-24-38(53-44)35-17-16-33-19-32(14-15-34(33)20-35)29-10-12-30(13-11-29)37-23-50-43(52-37)39-18-28(22-49)25-56(39)46(60)42(55-48(62)64-4)31-8-6-5-7-9-31/h5-17,19-20,23-24,27-28,39-42H,18,21,25-26H2,1-4H3,(H,50,52)(H,51,53)(H,54,61)(H,55,62)/t28-,39+,40+,41+,42-/m1/s1. The van der Waals surface area contributed by atoms with Crippen molar-refractivity contribution in [3.05, 3.63) is 121 Å². The maximum Gasteiger partial charge on any atom is 0.407 e. The number of ketones is 1. The van der Waals surface area contributed by atoms with Gasteiger partial charge in [-0.05, 0) is 57.5 Å². The second-order valence-electron chi connectivity index (χ2n) is 16.3. The third-order valence-electron chi connectivity index (χ3n) is 11.9. The first-order valence-corrected chi connectivity index (χ1v) is 21.0. The first-order valence-electron chi connectivity index (χ1n) is 21.0. The first-order chi connectivity index (χ1) is 30.9. The van der Waals surface area contributed by atoms with E-state index in [4.69, 9.17) is 9.47 Å². The van der Waals surface area contributed by atoms with E-state index in [-0.39, 0.29) is 43.0 Å². The molecule has 16 heteroatoms. The molecule has 2 saturated heterocycles. The lowest BCUT2D eigenvalue weighted by molar-refractivity contribution is -0.136. The number of aromatic amines is 2. The van der Waals surface area contributed by atoms with E-state index < -0.39 is 42.3 Å². The number of Topliss-reactive ketones (excluding diaryl/α,β-unsaturated/α-hetero) is 1. The third kappa shape index (κ3) is 8.78. The Morgan fingerprint density at radius 3 is 1.95 bits per heavy atom. The summed E-state index contributed by atoms with van der Waals surface area (Å²) in [5.41, 5.74) is 5.89. The summed E-state index contributed by atoms with van der Waals surface area (Å²) < 4.78 is 9.54. The van der Waals surface area contributed by atoms with Gasteiger partial charge in [0.2, 0.25) is 5.91 Å². The average Bonchev–Trinajstić information content (AvgIpc) is 4.16. The number of nitriles is 1. The van der Waals surface area contributed by atoms with Gasteiger partial charge in [0.25, 0.3) is 5.91 Å². The molecule has 2 aliphatic rings. The highest BCUT2D eigenvalue weighted by Gasteiger charge is 2.42. The fourth-order valence-corrected chi connectivity index (χ4v) is 8.49. The molecule has 4 N–H and O–H groups in total. The first kappa shape index (κ1) is 42.9. The summed E-state index contributed by atoms with van der Waals surface area (Å²) in [6, 6.07) is 28.6. The van der Waals surface area contributed by atoms with Gasteiger partial charge in [0.15, 0.2) is 5.78 Å². The van der Waals surface area contributed by atoms with Crippen molar-refractivity contribution in [3.63, 3.8) is 0 Å². The fraction of sp³-hybridized carbons (Fsp3) is 0.292. The molecule has 64 heavy (non-hydrogen) atoms. The summed E-state index contributed by atoms with van der Waals surface area (Å²) >= 11 is 0. The van der Waals surface area contributed by atoms with Crippen molar-refractivity contribution in [2.24, 2.45) is 11.8 Å². The number of nitrogens with one attached hydrogen (secondary N) is 4. The molecule has 2 aliphatic heterocycles. The molecule has 0 aliphatic carbocycles. The van der Waals surface area contributed by atoms with Gasteiger partial charge in [-0.25, -0.2) is 19.6 Å². The zero-order valence-corrected chi connectivity index (χ0v) is 35.7. The summed E-state index contributed by atoms with van der Waals surface area (Å²) in [6.07, 6.45) is 2.47. The number of amides is 4. The lowest BCUT2D eigenvalue weighted by atomic mass is 9.98. The van der Waals surface area contributed by atoms with Gasteiger partial charge in [-0.3, -0.25) is 14.4 Å². The van der Waals surface area contributed by atoms with Crippen LogP contribution < -0.4 is 10.6 Å². The highest BCUT2D eigenvalue weighted by atomic mass is 16.5. The van der Waals surface area contributed by atoms with Gasteiger partial charge < -0.3 is 39.9 Å². The molecule has 4 heterocycles. The van der Waals surface area contributed by atoms with E-state index in [9.17, 15) is 29.2 Å². The Morgan fingerprint density at radius 1 is 0.734 bits per heavy atom. The largest absolute Gasteiger partial charge is 0.453 e. The smallest absolute Gasteiger partial charge is 0.407 e. The molecule has 0 unspecified atom stereocenters. The number of nitrogens with zero attached hydrogens (tertiary/aromatic N) is 5. The molecule has 4 amide bonds. The number of benzene rings is 4. The SMILES string of the molecule is COC(=O)N[C@H](C(=O)N1CC(=O)C[C@H]1c1ncc(-c2ccc3cc(-c4ccc(-c5cnc([C@@H]6C[C@H](C#N)CN6C(=O)[C@H](NC(=O)OC)c6ccccc6)[nH]5)cc4)ccc3c2)[nH]1)C(C)C. The van der Waals surface area contributed by atoms with E-state index in [0.717, 1.165) is 44.4 Å². The van der Waals surface area contributed by atoms with Gasteiger partial charge >= 0.3 is 12.2 Å². The minimum Gasteiger partial charge on any atom is -0.453 e. The molecule has 2 fully saturated rings. The predicted molar refractivity (Wildman–Crippen MR) is 236 cm³/mol. The average molecular weight is 862 g/mol. The number of likely N-dealkylation sites (tertiary alicyclic amines) is 2. The van der Waals surface area contributed by atoms with Crippen LogP contribution in [0, 0.1) is 23.2 Å². The molecule has 0 spiro atoms. The lowest BCUT2D eigenvalue weighted by Gasteiger charge is -2.29. The minimum absolute atomic E-state index is 0.0694. The van der Waals surface area contributed by atoms with E-state index in [1.54, 1.807) is 41.6 Å². The van der Waals surface area contributed by atoms with E-state index in [0.29, 0.717) is 23.6 Å². The maximum atomic E-state index is 14.1. The van der Waals surface area contributed by atoms with Crippen molar-refractivity contribution in [1.29, 1.82) is 5.26 Å². The van der Waals surface area contributed by atoms with Gasteiger partial charge in [0.05, 0.1) is 68.6 Å². The minimum atomic E-state index is -1.01. The van der Waals surface area contributed by atoms with Crippen LogP contribution in [0.5, 0.6) is 0 Å². The summed E-state index contributed by atoms with van der Waals surface area (Å²) in [7, 11) is 2.47. The summed E-state index contributed by atoms with van der Waals surface area (Å²) in [4.78, 5) is 83.7. The Hall–Kier alpha value is -7.80. The molecule has 326 valence electrons. The highest BCUT2D eigenvalue weighted by Crippen LogP contribution is 2.38. The Balaban J connectivity index is 0.965. The molecular formula is C48H47N9O7. The van der Waals surface area contributed by atoms with Gasteiger partial charge in [0.1, 0.15) is 23.7 Å². The number of ether oxygens (including phenoxy) is 2. The quantitative estimate of drug-likeness (QED) is 0.104. The molecule has 2 aromatic heterocycles. The zero-order valence-electron chi connectivity index (χ0n) is 35.7. The fourth-order valence-electron chi connectivity index (χ4n) is 8.49. The number of hydrogen-bond donors (Lipinski definition) is 4. The summed E-state index contributed by atoms with van der Waals surface area (Å²) in [6.45, 7) is 3.76. The predicted octanol–water partition coefficient (Wildman–Crippen LogP) is 7.02. The molecule has 0 bridgehead atoms. The molecule has 4 aromatic carbocycles. The van der Waals surface area contributed by atoms with Crippen LogP contribution in [0.15, 0.2) is 103 Å². The normalized spacial score (nSPS) is 18.1. The van der Waals surface area contributed by atoms with Gasteiger partial charge in [0, 0.05) is 18.5 Å². The number of imidazole rings is 2. The Morgan fingerprint density at radius 2 is 1.31 bits per heavy atom. The number of alkyl carbamates (subject to hydrolysis) is 2. The van der Waals surface area contributed by atoms with E-state index in [1.807, 2.05) is 56.3 Å². The van der Waals surface area contributed by atoms with Crippen molar-refractivity contribution >= 4 is 40.6 Å². The highest BCUT2D eigenvalue weighted by molar-refractivity contribution is 5.94. The van der Waals surface area contributed by atoms with Crippen LogP contribution in [-0.2, 0) is 23.9 Å². The van der Waals surface area contributed by atoms with E-state index >= 15 is 0 Å². The van der Waals surface area contributed by atoms with Gasteiger partial charge in [-0.1, -0.05) is 92.7 Å². The number of carbonyl (C=O) groups excluding carboxylic acids is 5. The van der Waals surface area contributed by atoms with Crippen molar-refractivity contribution < 1.29 is 33.4 Å². The number of aromatic nitrogens is 4. The number of methoxy groups -OCH3 is 2. The summed E-state index contributed by atoms with van der Waals surface area (Å²) in [5.74, 6) is -0.439. The second-order valence-corrected chi connectivity index (χ2v) is 16.3. The van der Waals surface area contributed by atoms with Crippen LogP contribution in [0.25, 0.3) is 44.4 Å². The maximum absolute atomic E-state index is 14.1. The molecular weight excluding hydrogens is 815 g/mol. The van der Waals surface area contributed by atoms with Crippen LogP contribution in [0.1, 0.15) is 62.0 Å². The topological polar surface area (TPSA) is 215 Å². The van der Waals surface area contributed by atoms with E-state index in [2.05, 4.69) is 60.9 Å². The van der Waals surface area contributed by atoms with Gasteiger partial charge in [-0.15, -0.1) is 0 Å². The number of carbonyl (C=O) groups is 5. The van der Waals surface area contributed by atoms with Gasteiger partial charge in [-0.2, -0.15) is 5.26 Å². The zero-order chi connectivity index (χ0) is 45.1. The van der Waals surface area contributed by atoms with Crippen molar-refractivity contribution in [2.45, 2.75) is 50.9 Å². The van der Waals surface area contributed by atoms with E-state index in [1.165, 1.54) is 19.1 Å². The van der Waals surface area contributed by atoms with Crippen LogP contribution in [0.2, 0.25) is 0 Å². The molecule has 8 rings (SSSR count). The van der Waals surface area contributed by atoms with Crippen molar-refractivity contribution in [3.8, 4) is 39.7 Å². The number of hydrogen-bond acceptors (Lipinski definition) is 10. The lowest BCUT2D eigenvalue weighted by Crippen LogP contribution is -2.51. The number of rotatable bonds is 11. The molecule has 6 aromatic rings. The van der Waals surface area contributed by atoms with Crippen LogP contribution in [0.3, 0.4) is 0 Å². The molecule has 5 atom stereocenters. The number of fused-ring (bicyclic) bond motifs is 1. The Bertz CT molecular complexity index is 2760. The second kappa shape index (κ2) is 18.3. The number of H-pyrrole nitrogens is 2. The van der Waals surface area contributed by atoms with Crippen LogP contribution in [0.4, 0.5) is 9.59 Å². The summed E-state index contributed by atoms with van der Waals surface area (Å²) in [5, 5.41) is 17.2. The molecule has 0 radical (unpaired) electrons. The van der Waals surface area contributed by atoms with Crippen molar-refractivity contribution in [1.82, 2.24) is 40.4 Å². The third-order valence-corrected chi connectivity index (χ3v) is 11.9. The van der Waals surface area contributed by atoms with Crippen LogP contribution >= 0.6 is 0 Å². The molecule has 16 nitrogen and oxygen atoms in total. The molecule has 0 saturated carbocycles. The van der Waals surface area contributed by atoms with Crippen molar-refractivity contribution in [2.75, 3.05) is 27.3 Å². The monoisotopic (exact) mass is 861 g/mol. The van der Waals surface area contributed by atoms with Crippen LogP contribution in [-0.4, -0.2) is 92.9 Å².